The normalized spacial score (nSPS) is 9.50. The summed E-state index contributed by atoms with van der Waals surface area (Å²) in [5, 5.41) is 7.43. The third kappa shape index (κ3) is 4.68. The molecule has 1 N–H and O–H groups in total. The van der Waals surface area contributed by atoms with Gasteiger partial charge in [0.2, 0.25) is 0 Å². The van der Waals surface area contributed by atoms with Crippen LogP contribution in [0.3, 0.4) is 0 Å². The molecule has 0 spiro atoms. The van der Waals surface area contributed by atoms with Crippen molar-refractivity contribution < 1.29 is 0 Å². The Hall–Kier alpha value is -0.180. The van der Waals surface area contributed by atoms with Crippen LogP contribution in [0.4, 0.5) is 0 Å². The lowest BCUT2D eigenvalue weighted by atomic mass is 10.6. The third-order valence-corrected chi connectivity index (χ3v) is 2.30. The Kier molecular flexibility index (Phi) is 5.49. The van der Waals surface area contributed by atoms with Crippen LogP contribution in [0, 0.1) is 5.41 Å². The number of nitrogens with one attached hydrogen (secondary N) is 1. The summed E-state index contributed by atoms with van der Waals surface area (Å²) in [5.74, 6) is 2.72. The minimum atomic E-state index is 0.707. The molecule has 0 atom stereocenters. The number of hydrogen-bond acceptors (Lipinski definition) is 2. The zero-order valence-electron chi connectivity index (χ0n) is 6.98. The topological polar surface area (TPSA) is 27.1 Å². The highest BCUT2D eigenvalue weighted by atomic mass is 32.2. The van der Waals surface area contributed by atoms with Gasteiger partial charge in [-0.25, -0.2) is 0 Å². The van der Waals surface area contributed by atoms with Gasteiger partial charge in [-0.2, -0.15) is 11.8 Å². The molecule has 0 fully saturated rings. The number of hydrogen-bond donors (Lipinski definition) is 1. The van der Waals surface area contributed by atoms with E-state index in [1.807, 2.05) is 30.8 Å². The van der Waals surface area contributed by atoms with Crippen molar-refractivity contribution in [3.8, 4) is 0 Å². The summed E-state index contributed by atoms with van der Waals surface area (Å²) in [7, 11) is 3.82. The molecule has 0 saturated carbocycles. The standard InChI is InChI=1S/C7H16N2S/c1-4-5-10-6-7(8)9(2)3/h8H,4-6H2,1-3H3. The van der Waals surface area contributed by atoms with Gasteiger partial charge < -0.3 is 4.90 Å². The van der Waals surface area contributed by atoms with E-state index in [2.05, 4.69) is 6.92 Å². The molecule has 0 rings (SSSR count). The summed E-state index contributed by atoms with van der Waals surface area (Å²) in [6.45, 7) is 2.16. The van der Waals surface area contributed by atoms with Crippen LogP contribution in [0.2, 0.25) is 0 Å². The van der Waals surface area contributed by atoms with Gasteiger partial charge in [-0.05, 0) is 12.2 Å². The van der Waals surface area contributed by atoms with Gasteiger partial charge in [0, 0.05) is 14.1 Å². The van der Waals surface area contributed by atoms with Gasteiger partial charge in [-0.1, -0.05) is 6.92 Å². The Morgan fingerprint density at radius 1 is 1.50 bits per heavy atom. The lowest BCUT2D eigenvalue weighted by Crippen LogP contribution is -2.22. The highest BCUT2D eigenvalue weighted by Gasteiger charge is 1.96. The highest BCUT2D eigenvalue weighted by molar-refractivity contribution is 7.99. The van der Waals surface area contributed by atoms with Crippen molar-refractivity contribution >= 4 is 17.6 Å². The van der Waals surface area contributed by atoms with Crippen LogP contribution in [0.1, 0.15) is 13.3 Å². The first kappa shape index (κ1) is 9.82. The molecule has 0 aliphatic heterocycles. The molecule has 0 radical (unpaired) electrons. The average molecular weight is 160 g/mol. The molecule has 0 aromatic rings. The van der Waals surface area contributed by atoms with Crippen LogP contribution < -0.4 is 0 Å². The van der Waals surface area contributed by atoms with E-state index < -0.39 is 0 Å². The lowest BCUT2D eigenvalue weighted by Gasteiger charge is -2.12. The largest absolute Gasteiger partial charge is 0.366 e. The maximum Gasteiger partial charge on any atom is 0.105 e. The van der Waals surface area contributed by atoms with Gasteiger partial charge in [-0.15, -0.1) is 0 Å². The van der Waals surface area contributed by atoms with Crippen molar-refractivity contribution in [1.29, 1.82) is 5.41 Å². The minimum Gasteiger partial charge on any atom is -0.366 e. The molecule has 0 aliphatic rings. The maximum absolute atomic E-state index is 7.43. The summed E-state index contributed by atoms with van der Waals surface area (Å²) in [4.78, 5) is 1.85. The van der Waals surface area contributed by atoms with E-state index in [1.165, 1.54) is 6.42 Å². The number of rotatable bonds is 4. The van der Waals surface area contributed by atoms with E-state index in [1.54, 1.807) is 0 Å². The van der Waals surface area contributed by atoms with Crippen molar-refractivity contribution in [3.63, 3.8) is 0 Å². The monoisotopic (exact) mass is 160 g/mol. The second-order valence-corrected chi connectivity index (χ2v) is 3.50. The Balaban J connectivity index is 3.22. The Morgan fingerprint density at radius 3 is 2.50 bits per heavy atom. The molecular formula is C7H16N2S. The molecule has 0 aromatic heterocycles. The van der Waals surface area contributed by atoms with Crippen LogP contribution in [0.15, 0.2) is 0 Å². The molecule has 3 heteroatoms. The second kappa shape index (κ2) is 5.59. The molecule has 0 heterocycles. The highest BCUT2D eigenvalue weighted by Crippen LogP contribution is 2.02. The van der Waals surface area contributed by atoms with Gasteiger partial charge in [0.05, 0.1) is 5.75 Å². The van der Waals surface area contributed by atoms with Gasteiger partial charge in [0.15, 0.2) is 0 Å². The minimum absolute atomic E-state index is 0.707. The fourth-order valence-electron chi connectivity index (χ4n) is 0.442. The quantitative estimate of drug-likeness (QED) is 0.385. The second-order valence-electron chi connectivity index (χ2n) is 2.39. The van der Waals surface area contributed by atoms with Crippen molar-refractivity contribution in [2.24, 2.45) is 0 Å². The summed E-state index contributed by atoms with van der Waals surface area (Å²) in [6.07, 6.45) is 1.20. The van der Waals surface area contributed by atoms with Crippen molar-refractivity contribution in [1.82, 2.24) is 4.90 Å². The molecule has 60 valence electrons. The third-order valence-electron chi connectivity index (χ3n) is 1.13. The van der Waals surface area contributed by atoms with E-state index in [4.69, 9.17) is 5.41 Å². The van der Waals surface area contributed by atoms with Gasteiger partial charge in [-0.3, -0.25) is 5.41 Å². The van der Waals surface area contributed by atoms with E-state index in [0.29, 0.717) is 5.84 Å². The summed E-state index contributed by atoms with van der Waals surface area (Å²) in [5.41, 5.74) is 0. The van der Waals surface area contributed by atoms with E-state index in [9.17, 15) is 0 Å². The first-order valence-corrected chi connectivity index (χ1v) is 4.66. The van der Waals surface area contributed by atoms with Gasteiger partial charge >= 0.3 is 0 Å². The van der Waals surface area contributed by atoms with Crippen LogP contribution in [-0.2, 0) is 0 Å². The average Bonchev–Trinajstić information content (AvgIpc) is 1.88. The summed E-state index contributed by atoms with van der Waals surface area (Å²) >= 11 is 1.82. The maximum atomic E-state index is 7.43. The molecule has 0 saturated heterocycles. The van der Waals surface area contributed by atoms with Crippen LogP contribution in [-0.4, -0.2) is 36.3 Å². The SMILES string of the molecule is CCCSCC(=N)N(C)C. The molecule has 0 bridgehead atoms. The Bertz CT molecular complexity index is 102. The predicted octanol–water partition coefficient (Wildman–Crippen LogP) is 1.67. The van der Waals surface area contributed by atoms with Crippen LogP contribution in [0.25, 0.3) is 0 Å². The van der Waals surface area contributed by atoms with Crippen molar-refractivity contribution in [2.75, 3.05) is 25.6 Å². The van der Waals surface area contributed by atoms with E-state index in [0.717, 1.165) is 11.5 Å². The van der Waals surface area contributed by atoms with E-state index >= 15 is 0 Å². The van der Waals surface area contributed by atoms with Crippen molar-refractivity contribution in [2.45, 2.75) is 13.3 Å². The van der Waals surface area contributed by atoms with Crippen molar-refractivity contribution in [3.05, 3.63) is 0 Å². The molecule has 0 unspecified atom stereocenters. The molecular weight excluding hydrogens is 144 g/mol. The Morgan fingerprint density at radius 2 is 2.10 bits per heavy atom. The fourth-order valence-corrected chi connectivity index (χ4v) is 1.33. The molecule has 0 aromatic carbocycles. The number of amidine groups is 1. The van der Waals surface area contributed by atoms with E-state index in [-0.39, 0.29) is 0 Å². The number of nitrogens with zero attached hydrogens (tertiary/aromatic N) is 1. The van der Waals surface area contributed by atoms with Gasteiger partial charge in [0.1, 0.15) is 5.84 Å². The molecule has 10 heavy (non-hydrogen) atoms. The lowest BCUT2D eigenvalue weighted by molar-refractivity contribution is 0.615. The summed E-state index contributed by atoms with van der Waals surface area (Å²) < 4.78 is 0. The van der Waals surface area contributed by atoms with Crippen LogP contribution >= 0.6 is 11.8 Å². The molecule has 2 nitrogen and oxygen atoms in total. The zero-order chi connectivity index (χ0) is 7.98. The molecule has 0 aliphatic carbocycles. The predicted molar refractivity (Wildman–Crippen MR) is 49.0 cm³/mol. The smallest absolute Gasteiger partial charge is 0.105 e. The Labute approximate surface area is 67.5 Å². The molecule has 0 amide bonds. The zero-order valence-corrected chi connectivity index (χ0v) is 7.79. The first-order chi connectivity index (χ1) is 4.68. The summed E-state index contributed by atoms with van der Waals surface area (Å²) in [6, 6.07) is 0. The first-order valence-electron chi connectivity index (χ1n) is 3.51. The fraction of sp³-hybridized carbons (Fsp3) is 0.857. The van der Waals surface area contributed by atoms with Crippen LogP contribution in [0.5, 0.6) is 0 Å². The van der Waals surface area contributed by atoms with Gasteiger partial charge in [0.25, 0.3) is 0 Å². The number of thioether (sulfide) groups is 1.